The molecule has 0 spiro atoms. The average Bonchev–Trinajstić information content (AvgIpc) is 3.15. The lowest BCUT2D eigenvalue weighted by atomic mass is 9.47. The third-order valence-electron chi connectivity index (χ3n) is 9.78. The van der Waals surface area contributed by atoms with E-state index in [4.69, 9.17) is 4.18 Å². The summed E-state index contributed by atoms with van der Waals surface area (Å²) < 4.78 is 31.2. The Kier molecular flexibility index (Phi) is 6.22. The van der Waals surface area contributed by atoms with Crippen LogP contribution in [0.25, 0.3) is 0 Å². The molecule has 3 saturated carbocycles. The van der Waals surface area contributed by atoms with Crippen molar-refractivity contribution in [2.75, 3.05) is 6.61 Å². The smallest absolute Gasteiger partial charge is 0.297 e. The molecule has 0 amide bonds. The molecule has 0 heterocycles. The lowest BCUT2D eigenvalue weighted by Crippen LogP contribution is -2.51. The first-order chi connectivity index (χ1) is 16.0. The highest BCUT2D eigenvalue weighted by atomic mass is 79.9. The van der Waals surface area contributed by atoms with Crippen molar-refractivity contribution in [1.82, 2.24) is 0 Å². The summed E-state index contributed by atoms with van der Waals surface area (Å²) in [7, 11) is -3.97. The van der Waals surface area contributed by atoms with Crippen LogP contribution in [0.2, 0.25) is 0 Å². The first-order valence-electron chi connectivity index (χ1n) is 12.4. The predicted molar refractivity (Wildman–Crippen MR) is 132 cm³/mol. The van der Waals surface area contributed by atoms with Gasteiger partial charge in [0.15, 0.2) is 5.78 Å². The second-order valence-corrected chi connectivity index (χ2v) is 13.8. The van der Waals surface area contributed by atoms with Gasteiger partial charge in [0.05, 0.1) is 4.90 Å². The maximum absolute atomic E-state index is 13.3. The Bertz CT molecular complexity index is 1140. The number of carbonyl (C=O) groups excluding carboxylic acids is 2. The molecule has 4 aliphatic carbocycles. The molecular formula is C27H33BrO5S. The molecule has 5 rings (SSSR count). The molecule has 184 valence electrons. The molecule has 0 aromatic heterocycles. The molecule has 5 nitrogen and oxygen atoms in total. The van der Waals surface area contributed by atoms with Gasteiger partial charge in [0.25, 0.3) is 10.1 Å². The van der Waals surface area contributed by atoms with Gasteiger partial charge in [-0.2, -0.15) is 8.42 Å². The van der Waals surface area contributed by atoms with E-state index in [0.717, 1.165) is 43.0 Å². The highest BCUT2D eigenvalue weighted by Crippen LogP contribution is 2.66. The van der Waals surface area contributed by atoms with E-state index in [9.17, 15) is 18.0 Å². The zero-order valence-electron chi connectivity index (χ0n) is 19.9. The minimum atomic E-state index is -3.97. The average molecular weight is 550 g/mol. The number of hydrogen-bond donors (Lipinski definition) is 0. The Balaban J connectivity index is 1.30. The van der Waals surface area contributed by atoms with Crippen molar-refractivity contribution in [3.8, 4) is 0 Å². The van der Waals surface area contributed by atoms with E-state index in [1.807, 2.05) is 0 Å². The fourth-order valence-corrected chi connectivity index (χ4v) is 9.05. The van der Waals surface area contributed by atoms with Crippen LogP contribution >= 0.6 is 15.9 Å². The molecule has 0 aliphatic heterocycles. The van der Waals surface area contributed by atoms with Gasteiger partial charge in [-0.1, -0.05) is 41.4 Å². The summed E-state index contributed by atoms with van der Waals surface area (Å²) in [4.78, 5) is 25.4. The molecule has 0 bridgehead atoms. The fourth-order valence-electron chi connectivity index (χ4n) is 7.91. The Morgan fingerprint density at radius 2 is 1.82 bits per heavy atom. The number of Topliss-reactive ketones (excluding diaryl/α,β-unsaturated/α-hetero) is 2. The first kappa shape index (κ1) is 24.4. The normalized spacial score (nSPS) is 37.4. The van der Waals surface area contributed by atoms with Crippen LogP contribution in [0.1, 0.15) is 65.2 Å². The summed E-state index contributed by atoms with van der Waals surface area (Å²) >= 11 is 3.30. The number of benzene rings is 1. The number of rotatable bonds is 5. The molecule has 3 fully saturated rings. The molecule has 1 aromatic rings. The van der Waals surface area contributed by atoms with Gasteiger partial charge < -0.3 is 0 Å². The molecule has 4 aliphatic rings. The molecule has 0 saturated heterocycles. The van der Waals surface area contributed by atoms with Crippen LogP contribution in [-0.4, -0.2) is 26.6 Å². The van der Waals surface area contributed by atoms with Crippen molar-refractivity contribution in [1.29, 1.82) is 0 Å². The standard InChI is InChI=1S/C27H33BrO5S/c1-26-13-11-19(29)15-17(26)3-8-21-22-9-10-24(27(22,2)14-12-23(21)26)25(30)16-33-34(31,32)20-6-4-18(28)5-7-20/h3-7,21-24H,8-16H2,1-2H3/t21-,22-,23-,24+,26-,27-/m0/s1. The van der Waals surface area contributed by atoms with E-state index in [0.29, 0.717) is 36.4 Å². The van der Waals surface area contributed by atoms with Crippen molar-refractivity contribution < 1.29 is 22.2 Å². The fraction of sp³-hybridized carbons (Fsp3) is 0.630. The summed E-state index contributed by atoms with van der Waals surface area (Å²) in [6.45, 7) is 4.21. The van der Waals surface area contributed by atoms with Gasteiger partial charge in [-0.05, 0) is 91.4 Å². The van der Waals surface area contributed by atoms with Crippen LogP contribution in [0.15, 0.2) is 45.3 Å². The zero-order valence-corrected chi connectivity index (χ0v) is 22.3. The topological polar surface area (TPSA) is 77.5 Å². The molecule has 6 atom stereocenters. The lowest BCUT2D eigenvalue weighted by Gasteiger charge is -2.57. The highest BCUT2D eigenvalue weighted by Gasteiger charge is 2.59. The number of ketones is 2. The molecule has 0 N–H and O–H groups in total. The predicted octanol–water partition coefficient (Wildman–Crippen LogP) is 5.87. The quantitative estimate of drug-likeness (QED) is 0.339. The first-order valence-corrected chi connectivity index (χ1v) is 14.6. The van der Waals surface area contributed by atoms with Crippen molar-refractivity contribution in [2.24, 2.45) is 34.5 Å². The maximum atomic E-state index is 13.3. The van der Waals surface area contributed by atoms with E-state index in [2.05, 4.69) is 35.9 Å². The van der Waals surface area contributed by atoms with Gasteiger partial charge in [-0.25, -0.2) is 0 Å². The second kappa shape index (κ2) is 8.67. The van der Waals surface area contributed by atoms with E-state index < -0.39 is 16.7 Å². The van der Waals surface area contributed by atoms with Crippen LogP contribution in [0.5, 0.6) is 0 Å². The summed E-state index contributed by atoms with van der Waals surface area (Å²) in [6.07, 6.45) is 9.45. The van der Waals surface area contributed by atoms with Gasteiger partial charge in [-0.15, -0.1) is 0 Å². The molecule has 1 aromatic carbocycles. The Hall–Kier alpha value is -1.31. The van der Waals surface area contributed by atoms with Crippen LogP contribution in [0.4, 0.5) is 0 Å². The summed E-state index contributed by atoms with van der Waals surface area (Å²) in [6, 6.07) is 6.24. The highest BCUT2D eigenvalue weighted by molar-refractivity contribution is 9.10. The van der Waals surface area contributed by atoms with Crippen molar-refractivity contribution >= 4 is 37.6 Å². The van der Waals surface area contributed by atoms with Gasteiger partial charge in [0, 0.05) is 23.2 Å². The Labute approximate surface area is 211 Å². The summed E-state index contributed by atoms with van der Waals surface area (Å²) in [5.41, 5.74) is 1.35. The van der Waals surface area contributed by atoms with Crippen LogP contribution in [0.3, 0.4) is 0 Å². The summed E-state index contributed by atoms with van der Waals surface area (Å²) in [5.74, 6) is 1.67. The summed E-state index contributed by atoms with van der Waals surface area (Å²) in [5, 5.41) is 0. The largest absolute Gasteiger partial charge is 0.299 e. The number of hydrogen-bond acceptors (Lipinski definition) is 5. The van der Waals surface area contributed by atoms with Crippen LogP contribution in [-0.2, 0) is 23.9 Å². The van der Waals surface area contributed by atoms with E-state index in [1.54, 1.807) is 12.1 Å². The van der Waals surface area contributed by atoms with Gasteiger partial charge in [0.1, 0.15) is 12.4 Å². The number of halogens is 1. The third kappa shape index (κ3) is 3.96. The maximum Gasteiger partial charge on any atom is 0.297 e. The van der Waals surface area contributed by atoms with E-state index in [-0.39, 0.29) is 27.4 Å². The van der Waals surface area contributed by atoms with Crippen LogP contribution in [0, 0.1) is 34.5 Å². The number of allylic oxidation sites excluding steroid dienone is 2. The lowest BCUT2D eigenvalue weighted by molar-refractivity contribution is -0.132. The Morgan fingerprint density at radius 1 is 1.09 bits per heavy atom. The molecule has 0 unspecified atom stereocenters. The monoisotopic (exact) mass is 548 g/mol. The van der Waals surface area contributed by atoms with E-state index in [1.165, 1.54) is 17.7 Å². The number of fused-ring (bicyclic) bond motifs is 5. The zero-order chi connectivity index (χ0) is 24.3. The van der Waals surface area contributed by atoms with Crippen molar-refractivity contribution in [3.63, 3.8) is 0 Å². The number of carbonyl (C=O) groups is 2. The minimum absolute atomic E-state index is 0.0588. The minimum Gasteiger partial charge on any atom is -0.299 e. The Morgan fingerprint density at radius 3 is 2.56 bits per heavy atom. The molecular weight excluding hydrogens is 516 g/mol. The van der Waals surface area contributed by atoms with Crippen molar-refractivity contribution in [3.05, 3.63) is 40.4 Å². The molecule has 34 heavy (non-hydrogen) atoms. The molecule has 7 heteroatoms. The van der Waals surface area contributed by atoms with Gasteiger partial charge >= 0.3 is 0 Å². The van der Waals surface area contributed by atoms with Gasteiger partial charge in [0.2, 0.25) is 0 Å². The second-order valence-electron chi connectivity index (χ2n) is 11.3. The van der Waals surface area contributed by atoms with Gasteiger partial charge in [-0.3, -0.25) is 13.8 Å². The van der Waals surface area contributed by atoms with E-state index >= 15 is 0 Å². The SMILES string of the molecule is C[C@]12CC[C@H]3[C@@H](CC=C4CC(=O)CC[C@@]43C)[C@@H]1CC[C@@H]2C(=O)COS(=O)(=O)c1ccc(Br)cc1. The van der Waals surface area contributed by atoms with Crippen molar-refractivity contribution in [2.45, 2.75) is 70.1 Å². The van der Waals surface area contributed by atoms with Crippen LogP contribution < -0.4 is 0 Å². The third-order valence-corrected chi connectivity index (χ3v) is 11.6. The molecule has 0 radical (unpaired) electrons.